The van der Waals surface area contributed by atoms with Crippen molar-refractivity contribution in [2.45, 2.75) is 6.10 Å². The van der Waals surface area contributed by atoms with Gasteiger partial charge >= 0.3 is 0 Å². The Hall–Kier alpha value is -0.510. The minimum absolute atomic E-state index is 0.00667. The van der Waals surface area contributed by atoms with Crippen molar-refractivity contribution in [1.29, 1.82) is 0 Å². The predicted molar refractivity (Wildman–Crippen MR) is 62.8 cm³/mol. The minimum Gasteiger partial charge on any atom is -0.368 e. The average molecular weight is 243 g/mol. The molecule has 0 radical (unpaired) electrons. The molecule has 1 heterocycles. The van der Waals surface area contributed by atoms with Crippen LogP contribution in [0.4, 0.5) is 0 Å². The van der Waals surface area contributed by atoms with E-state index >= 15 is 0 Å². The molecule has 1 unspecified atom stereocenters. The first kappa shape index (κ1) is 11.0. The zero-order valence-electron chi connectivity index (χ0n) is 8.11. The highest BCUT2D eigenvalue weighted by Gasteiger charge is 2.24. The van der Waals surface area contributed by atoms with Gasteiger partial charge in [-0.2, -0.15) is 11.8 Å². The van der Waals surface area contributed by atoms with Crippen LogP contribution >= 0.6 is 23.4 Å². The largest absolute Gasteiger partial charge is 0.368 e. The first-order chi connectivity index (χ1) is 7.29. The molecule has 1 aromatic carbocycles. The van der Waals surface area contributed by atoms with Gasteiger partial charge in [0, 0.05) is 17.1 Å². The number of hydrogen-bond acceptors (Lipinski definition) is 3. The summed E-state index contributed by atoms with van der Waals surface area (Å²) >= 11 is 7.70. The monoisotopic (exact) mass is 242 g/mol. The molecule has 2 rings (SSSR count). The van der Waals surface area contributed by atoms with Gasteiger partial charge in [0.2, 0.25) is 0 Å². The van der Waals surface area contributed by atoms with E-state index in [4.69, 9.17) is 16.3 Å². The molecule has 80 valence electrons. The van der Waals surface area contributed by atoms with E-state index in [1.54, 1.807) is 23.9 Å². The number of Topliss-reactive ketones (excluding diaryl/α,β-unsaturated/α-hetero) is 1. The molecule has 0 saturated carbocycles. The molecule has 0 bridgehead atoms. The molecule has 1 atom stereocenters. The number of carbonyl (C=O) groups excluding carboxylic acids is 1. The Bertz CT molecular complexity index is 361. The highest BCUT2D eigenvalue weighted by Crippen LogP contribution is 2.21. The molecule has 1 aliphatic heterocycles. The van der Waals surface area contributed by atoms with Crippen molar-refractivity contribution < 1.29 is 9.53 Å². The fraction of sp³-hybridized carbons (Fsp3) is 0.364. The van der Waals surface area contributed by atoms with Gasteiger partial charge in [-0.15, -0.1) is 0 Å². The molecule has 0 N–H and O–H groups in total. The van der Waals surface area contributed by atoms with Gasteiger partial charge < -0.3 is 4.74 Å². The van der Waals surface area contributed by atoms with E-state index in [0.717, 1.165) is 11.5 Å². The maximum Gasteiger partial charge on any atom is 0.193 e. The number of halogens is 1. The van der Waals surface area contributed by atoms with Gasteiger partial charge in [-0.1, -0.05) is 23.7 Å². The first-order valence-corrected chi connectivity index (χ1v) is 6.30. The van der Waals surface area contributed by atoms with Gasteiger partial charge in [0.15, 0.2) is 5.78 Å². The van der Waals surface area contributed by atoms with Crippen LogP contribution in [0.2, 0.25) is 5.02 Å². The van der Waals surface area contributed by atoms with E-state index < -0.39 is 0 Å². The highest BCUT2D eigenvalue weighted by molar-refractivity contribution is 7.99. The standard InChI is InChI=1S/C11H11ClO2S/c12-9-4-2-1-3-8(9)11(13)10-7-15-6-5-14-10/h1-4,10H,5-7H2. The normalized spacial score (nSPS) is 21.3. The lowest BCUT2D eigenvalue weighted by Crippen LogP contribution is -2.31. The summed E-state index contributed by atoms with van der Waals surface area (Å²) in [6.07, 6.45) is -0.330. The van der Waals surface area contributed by atoms with Gasteiger partial charge in [-0.3, -0.25) is 4.79 Å². The average Bonchev–Trinajstić information content (AvgIpc) is 2.30. The van der Waals surface area contributed by atoms with Crippen molar-refractivity contribution in [3.8, 4) is 0 Å². The topological polar surface area (TPSA) is 26.3 Å². The maximum absolute atomic E-state index is 12.0. The minimum atomic E-state index is -0.330. The summed E-state index contributed by atoms with van der Waals surface area (Å²) in [6.45, 7) is 0.644. The molecular weight excluding hydrogens is 232 g/mol. The molecule has 1 fully saturated rings. The van der Waals surface area contributed by atoms with Crippen LogP contribution < -0.4 is 0 Å². The fourth-order valence-electron chi connectivity index (χ4n) is 1.47. The van der Waals surface area contributed by atoms with E-state index in [2.05, 4.69) is 0 Å². The zero-order valence-corrected chi connectivity index (χ0v) is 9.68. The Kier molecular flexibility index (Phi) is 3.67. The van der Waals surface area contributed by atoms with Gasteiger partial charge in [0.25, 0.3) is 0 Å². The SMILES string of the molecule is O=C(c1ccccc1Cl)C1CSCCO1. The van der Waals surface area contributed by atoms with E-state index in [-0.39, 0.29) is 11.9 Å². The number of ketones is 1. The Morgan fingerprint density at radius 1 is 1.47 bits per heavy atom. The molecule has 0 spiro atoms. The van der Waals surface area contributed by atoms with Crippen LogP contribution in [0.15, 0.2) is 24.3 Å². The fourth-order valence-corrected chi connectivity index (χ4v) is 2.54. The summed E-state index contributed by atoms with van der Waals surface area (Å²) in [5.74, 6) is 1.68. The van der Waals surface area contributed by atoms with Crippen molar-refractivity contribution in [3.05, 3.63) is 34.9 Å². The van der Waals surface area contributed by atoms with Crippen molar-refractivity contribution in [2.24, 2.45) is 0 Å². The zero-order chi connectivity index (χ0) is 10.7. The molecule has 1 aromatic rings. The first-order valence-electron chi connectivity index (χ1n) is 4.77. The molecule has 4 heteroatoms. The smallest absolute Gasteiger partial charge is 0.193 e. The van der Waals surface area contributed by atoms with Crippen LogP contribution in [0, 0.1) is 0 Å². The molecule has 0 aliphatic carbocycles. The molecular formula is C11H11ClO2S. The third kappa shape index (κ3) is 2.54. The van der Waals surface area contributed by atoms with Gasteiger partial charge in [-0.05, 0) is 12.1 Å². The van der Waals surface area contributed by atoms with Crippen molar-refractivity contribution in [3.63, 3.8) is 0 Å². The number of rotatable bonds is 2. The second kappa shape index (κ2) is 5.01. The lowest BCUT2D eigenvalue weighted by Gasteiger charge is -2.21. The van der Waals surface area contributed by atoms with Crippen LogP contribution in [-0.2, 0) is 4.74 Å². The van der Waals surface area contributed by atoms with E-state index in [9.17, 15) is 4.79 Å². The summed E-state index contributed by atoms with van der Waals surface area (Å²) in [5.41, 5.74) is 0.562. The number of benzene rings is 1. The molecule has 2 nitrogen and oxygen atoms in total. The van der Waals surface area contributed by atoms with E-state index in [1.165, 1.54) is 0 Å². The van der Waals surface area contributed by atoms with E-state index in [1.807, 2.05) is 12.1 Å². The quantitative estimate of drug-likeness (QED) is 0.746. The number of carbonyl (C=O) groups is 1. The van der Waals surface area contributed by atoms with Crippen molar-refractivity contribution >= 4 is 29.1 Å². The summed E-state index contributed by atoms with van der Waals surface area (Å²) in [7, 11) is 0. The van der Waals surface area contributed by atoms with Gasteiger partial charge in [0.1, 0.15) is 6.10 Å². The summed E-state index contributed by atoms with van der Waals surface area (Å²) < 4.78 is 5.42. The third-order valence-corrected chi connectivity index (χ3v) is 3.57. The van der Waals surface area contributed by atoms with Crippen molar-refractivity contribution in [2.75, 3.05) is 18.1 Å². The Morgan fingerprint density at radius 2 is 2.27 bits per heavy atom. The number of thioether (sulfide) groups is 1. The van der Waals surface area contributed by atoms with Crippen LogP contribution in [-0.4, -0.2) is 30.0 Å². The van der Waals surface area contributed by atoms with Crippen LogP contribution in [0.1, 0.15) is 10.4 Å². The van der Waals surface area contributed by atoms with Crippen LogP contribution in [0.25, 0.3) is 0 Å². The number of ether oxygens (including phenoxy) is 1. The number of hydrogen-bond donors (Lipinski definition) is 0. The Morgan fingerprint density at radius 3 is 2.93 bits per heavy atom. The van der Waals surface area contributed by atoms with Crippen LogP contribution in [0.3, 0.4) is 0 Å². The molecule has 15 heavy (non-hydrogen) atoms. The molecule has 0 amide bonds. The third-order valence-electron chi connectivity index (χ3n) is 2.25. The van der Waals surface area contributed by atoms with Crippen molar-refractivity contribution in [1.82, 2.24) is 0 Å². The summed E-state index contributed by atoms with van der Waals surface area (Å²) in [5, 5.41) is 0.502. The summed E-state index contributed by atoms with van der Waals surface area (Å²) in [4.78, 5) is 12.0. The lowest BCUT2D eigenvalue weighted by atomic mass is 10.1. The molecule has 1 aliphatic rings. The predicted octanol–water partition coefficient (Wildman–Crippen LogP) is 2.65. The summed E-state index contributed by atoms with van der Waals surface area (Å²) in [6, 6.07) is 7.10. The second-order valence-corrected chi connectivity index (χ2v) is 4.84. The lowest BCUT2D eigenvalue weighted by molar-refractivity contribution is 0.0519. The Labute approximate surface area is 98.0 Å². The Balaban J connectivity index is 2.16. The molecule has 0 aromatic heterocycles. The van der Waals surface area contributed by atoms with Crippen LogP contribution in [0.5, 0.6) is 0 Å². The van der Waals surface area contributed by atoms with E-state index in [0.29, 0.717) is 17.2 Å². The highest BCUT2D eigenvalue weighted by atomic mass is 35.5. The molecule has 1 saturated heterocycles. The van der Waals surface area contributed by atoms with Gasteiger partial charge in [-0.25, -0.2) is 0 Å². The second-order valence-electron chi connectivity index (χ2n) is 3.28. The maximum atomic E-state index is 12.0. The van der Waals surface area contributed by atoms with Gasteiger partial charge in [0.05, 0.1) is 11.6 Å².